The molecule has 0 unspecified atom stereocenters. The summed E-state index contributed by atoms with van der Waals surface area (Å²) in [4.78, 5) is 8.77. The van der Waals surface area contributed by atoms with Crippen molar-refractivity contribution in [1.29, 1.82) is 0 Å². The standard InChI is InChI=1S/C12H22N4S/c1-8(2)5-14-12(13)15-6-10-7-17-11(16-10)9(3)4/h7-9H,5-6H2,1-4H3,(H3,13,14,15). The average Bonchev–Trinajstić information content (AvgIpc) is 2.72. The van der Waals surface area contributed by atoms with Gasteiger partial charge in [0.2, 0.25) is 0 Å². The van der Waals surface area contributed by atoms with Gasteiger partial charge in [0.15, 0.2) is 5.96 Å². The third-order valence-electron chi connectivity index (χ3n) is 2.17. The van der Waals surface area contributed by atoms with Crippen molar-refractivity contribution >= 4 is 17.3 Å². The van der Waals surface area contributed by atoms with Gasteiger partial charge in [-0.05, 0) is 5.92 Å². The van der Waals surface area contributed by atoms with E-state index in [-0.39, 0.29) is 0 Å². The van der Waals surface area contributed by atoms with Crippen molar-refractivity contribution in [1.82, 2.24) is 10.3 Å². The molecule has 4 nitrogen and oxygen atoms in total. The second-order valence-corrected chi connectivity index (χ2v) is 5.70. The fraction of sp³-hybridized carbons (Fsp3) is 0.667. The van der Waals surface area contributed by atoms with Crippen molar-refractivity contribution in [3.8, 4) is 0 Å². The predicted octanol–water partition coefficient (Wildman–Crippen LogP) is 2.33. The number of thiazole rings is 1. The first kappa shape index (κ1) is 14.0. The molecule has 0 bridgehead atoms. The summed E-state index contributed by atoms with van der Waals surface area (Å²) in [6.45, 7) is 9.96. The highest BCUT2D eigenvalue weighted by Gasteiger charge is 2.05. The number of aliphatic imine (C=N–C) groups is 1. The Hall–Kier alpha value is -1.10. The fourth-order valence-corrected chi connectivity index (χ4v) is 2.02. The van der Waals surface area contributed by atoms with Gasteiger partial charge < -0.3 is 11.1 Å². The van der Waals surface area contributed by atoms with Crippen LogP contribution in [-0.4, -0.2) is 17.5 Å². The summed E-state index contributed by atoms with van der Waals surface area (Å²) in [5, 5.41) is 6.29. The molecule has 5 heteroatoms. The molecule has 0 radical (unpaired) electrons. The molecule has 96 valence electrons. The summed E-state index contributed by atoms with van der Waals surface area (Å²) in [5.74, 6) is 1.54. The Balaban J connectivity index is 2.45. The first-order valence-corrected chi connectivity index (χ1v) is 6.85. The maximum absolute atomic E-state index is 5.75. The molecule has 0 saturated heterocycles. The third kappa shape index (κ3) is 5.17. The van der Waals surface area contributed by atoms with Gasteiger partial charge in [-0.25, -0.2) is 9.98 Å². The number of rotatable bonds is 5. The molecule has 0 spiro atoms. The van der Waals surface area contributed by atoms with Gasteiger partial charge in [0, 0.05) is 17.8 Å². The van der Waals surface area contributed by atoms with Crippen LogP contribution < -0.4 is 11.1 Å². The highest BCUT2D eigenvalue weighted by molar-refractivity contribution is 7.09. The van der Waals surface area contributed by atoms with Crippen molar-refractivity contribution in [2.45, 2.75) is 40.2 Å². The lowest BCUT2D eigenvalue weighted by molar-refractivity contribution is 0.621. The van der Waals surface area contributed by atoms with Crippen molar-refractivity contribution < 1.29 is 0 Å². The number of aromatic nitrogens is 1. The zero-order chi connectivity index (χ0) is 12.8. The van der Waals surface area contributed by atoms with Gasteiger partial charge in [0.1, 0.15) is 0 Å². The van der Waals surface area contributed by atoms with Crippen LogP contribution in [0.15, 0.2) is 10.4 Å². The largest absolute Gasteiger partial charge is 0.370 e. The second-order valence-electron chi connectivity index (χ2n) is 4.81. The van der Waals surface area contributed by atoms with E-state index >= 15 is 0 Å². The molecular weight excluding hydrogens is 232 g/mol. The Morgan fingerprint density at radius 2 is 2.18 bits per heavy atom. The Bertz CT molecular complexity index is 368. The van der Waals surface area contributed by atoms with E-state index < -0.39 is 0 Å². The van der Waals surface area contributed by atoms with Gasteiger partial charge >= 0.3 is 0 Å². The Morgan fingerprint density at radius 1 is 1.47 bits per heavy atom. The van der Waals surface area contributed by atoms with Gasteiger partial charge in [-0.3, -0.25) is 0 Å². The molecule has 0 amide bonds. The van der Waals surface area contributed by atoms with E-state index in [0.717, 1.165) is 17.2 Å². The number of nitrogens with zero attached hydrogens (tertiary/aromatic N) is 2. The minimum atomic E-state index is 0.481. The summed E-state index contributed by atoms with van der Waals surface area (Å²) >= 11 is 1.69. The minimum absolute atomic E-state index is 0.481. The van der Waals surface area contributed by atoms with E-state index in [1.165, 1.54) is 0 Å². The normalized spacial score (nSPS) is 12.5. The molecule has 0 aliphatic carbocycles. The number of hydrogen-bond donors (Lipinski definition) is 2. The van der Waals surface area contributed by atoms with E-state index in [2.05, 4.69) is 48.4 Å². The number of nitrogens with two attached hydrogens (primary N) is 1. The molecule has 0 aromatic carbocycles. The van der Waals surface area contributed by atoms with Gasteiger partial charge in [0.25, 0.3) is 0 Å². The van der Waals surface area contributed by atoms with E-state index in [4.69, 9.17) is 5.73 Å². The van der Waals surface area contributed by atoms with Crippen LogP contribution in [0.1, 0.15) is 44.3 Å². The summed E-state index contributed by atoms with van der Waals surface area (Å²) < 4.78 is 0. The van der Waals surface area contributed by atoms with Crippen LogP contribution in [0.4, 0.5) is 0 Å². The fourth-order valence-electron chi connectivity index (χ4n) is 1.19. The van der Waals surface area contributed by atoms with Gasteiger partial charge in [-0.1, -0.05) is 27.7 Å². The Morgan fingerprint density at radius 3 is 2.71 bits per heavy atom. The summed E-state index contributed by atoms with van der Waals surface area (Å²) in [5.41, 5.74) is 6.74. The number of guanidine groups is 1. The van der Waals surface area contributed by atoms with Crippen molar-refractivity contribution in [2.24, 2.45) is 16.6 Å². The number of nitrogens with one attached hydrogen (secondary N) is 1. The van der Waals surface area contributed by atoms with Gasteiger partial charge in [-0.2, -0.15) is 0 Å². The molecule has 1 aromatic rings. The monoisotopic (exact) mass is 254 g/mol. The molecule has 1 aromatic heterocycles. The highest BCUT2D eigenvalue weighted by Crippen LogP contribution is 2.19. The van der Waals surface area contributed by atoms with E-state index in [1.807, 2.05) is 0 Å². The SMILES string of the molecule is CC(C)CNC(N)=NCc1csc(C(C)C)n1. The van der Waals surface area contributed by atoms with Crippen LogP contribution >= 0.6 is 11.3 Å². The molecule has 1 heterocycles. The Labute approximate surface area is 107 Å². The van der Waals surface area contributed by atoms with Gasteiger partial charge in [0.05, 0.1) is 17.2 Å². The first-order valence-electron chi connectivity index (χ1n) is 5.97. The topological polar surface area (TPSA) is 63.3 Å². The van der Waals surface area contributed by atoms with E-state index in [0.29, 0.717) is 24.3 Å². The van der Waals surface area contributed by atoms with Crippen LogP contribution in [0.25, 0.3) is 0 Å². The summed E-state index contributed by atoms with van der Waals surface area (Å²) in [6, 6.07) is 0. The van der Waals surface area contributed by atoms with Crippen LogP contribution in [0.3, 0.4) is 0 Å². The van der Waals surface area contributed by atoms with Gasteiger partial charge in [-0.15, -0.1) is 11.3 Å². The van der Waals surface area contributed by atoms with Crippen molar-refractivity contribution in [3.05, 3.63) is 16.1 Å². The molecule has 0 aliphatic heterocycles. The molecule has 0 saturated carbocycles. The molecule has 0 fully saturated rings. The third-order valence-corrected chi connectivity index (χ3v) is 3.36. The quantitative estimate of drug-likeness (QED) is 0.626. The van der Waals surface area contributed by atoms with Crippen molar-refractivity contribution in [2.75, 3.05) is 6.54 Å². The average molecular weight is 254 g/mol. The zero-order valence-electron chi connectivity index (χ0n) is 11.0. The van der Waals surface area contributed by atoms with Crippen molar-refractivity contribution in [3.63, 3.8) is 0 Å². The molecule has 0 aliphatic rings. The highest BCUT2D eigenvalue weighted by atomic mass is 32.1. The van der Waals surface area contributed by atoms with Crippen LogP contribution in [0, 0.1) is 5.92 Å². The molecular formula is C12H22N4S. The first-order chi connectivity index (χ1) is 7.99. The molecule has 0 atom stereocenters. The Kier molecular flexibility index (Phi) is 5.41. The zero-order valence-corrected chi connectivity index (χ0v) is 11.8. The van der Waals surface area contributed by atoms with E-state index in [9.17, 15) is 0 Å². The maximum Gasteiger partial charge on any atom is 0.188 e. The molecule has 1 rings (SSSR count). The summed E-state index contributed by atoms with van der Waals surface area (Å²) in [7, 11) is 0. The lowest BCUT2D eigenvalue weighted by Crippen LogP contribution is -2.34. The van der Waals surface area contributed by atoms with E-state index in [1.54, 1.807) is 11.3 Å². The number of hydrogen-bond acceptors (Lipinski definition) is 3. The summed E-state index contributed by atoms with van der Waals surface area (Å²) in [6.07, 6.45) is 0. The van der Waals surface area contributed by atoms with Crippen LogP contribution in [0.5, 0.6) is 0 Å². The lowest BCUT2D eigenvalue weighted by Gasteiger charge is -2.07. The predicted molar refractivity (Wildman–Crippen MR) is 74.4 cm³/mol. The second kappa shape index (κ2) is 6.59. The molecule has 17 heavy (non-hydrogen) atoms. The van der Waals surface area contributed by atoms with Crippen LogP contribution in [0.2, 0.25) is 0 Å². The maximum atomic E-state index is 5.75. The smallest absolute Gasteiger partial charge is 0.188 e. The minimum Gasteiger partial charge on any atom is -0.370 e. The molecule has 3 N–H and O–H groups in total. The van der Waals surface area contributed by atoms with Crippen LogP contribution in [-0.2, 0) is 6.54 Å². The lowest BCUT2D eigenvalue weighted by atomic mass is 10.2.